The van der Waals surface area contributed by atoms with Crippen LogP contribution in [-0.4, -0.2) is 25.8 Å². The van der Waals surface area contributed by atoms with Gasteiger partial charge in [-0.15, -0.1) is 0 Å². The molecule has 0 radical (unpaired) electrons. The SMILES string of the molecule is CC(C)(C)c1nccc(OC2CC2)c1NS(C)(=O)=O. The monoisotopic (exact) mass is 284 g/mol. The Bertz CT molecular complexity index is 572. The molecule has 0 aromatic carbocycles. The Morgan fingerprint density at radius 2 is 2.00 bits per heavy atom. The second-order valence-electron chi connectivity index (χ2n) is 5.97. The lowest BCUT2D eigenvalue weighted by molar-refractivity contribution is 0.303. The Hall–Kier alpha value is -1.30. The summed E-state index contributed by atoms with van der Waals surface area (Å²) in [4.78, 5) is 4.32. The lowest BCUT2D eigenvalue weighted by Crippen LogP contribution is -2.20. The standard InChI is InChI=1S/C13H20N2O3S/c1-13(2,3)12-11(15-19(4,16)17)10(7-8-14-12)18-9-5-6-9/h7-9,15H,5-6H2,1-4H3. The number of aromatic nitrogens is 1. The average molecular weight is 284 g/mol. The molecule has 106 valence electrons. The van der Waals surface area contributed by atoms with E-state index in [0.29, 0.717) is 17.1 Å². The zero-order chi connectivity index (χ0) is 14.3. The van der Waals surface area contributed by atoms with Crippen LogP contribution in [0.5, 0.6) is 5.75 Å². The number of nitrogens with zero attached hydrogens (tertiary/aromatic N) is 1. The first-order valence-corrected chi connectivity index (χ1v) is 8.20. The van der Waals surface area contributed by atoms with Gasteiger partial charge >= 0.3 is 0 Å². The summed E-state index contributed by atoms with van der Waals surface area (Å²) in [6, 6.07) is 1.71. The first kappa shape index (κ1) is 14.1. The fourth-order valence-corrected chi connectivity index (χ4v) is 2.33. The largest absolute Gasteiger partial charge is 0.488 e. The van der Waals surface area contributed by atoms with Gasteiger partial charge in [-0.2, -0.15) is 0 Å². The molecule has 6 heteroatoms. The fourth-order valence-electron chi connectivity index (χ4n) is 1.76. The summed E-state index contributed by atoms with van der Waals surface area (Å²) in [5.74, 6) is 0.563. The number of rotatable bonds is 4. The zero-order valence-electron chi connectivity index (χ0n) is 11.7. The third-order valence-electron chi connectivity index (χ3n) is 2.73. The molecule has 1 N–H and O–H groups in total. The molecule has 0 atom stereocenters. The summed E-state index contributed by atoms with van der Waals surface area (Å²) in [5.41, 5.74) is 0.885. The molecule has 1 aromatic heterocycles. The van der Waals surface area contributed by atoms with Gasteiger partial charge in [0.25, 0.3) is 0 Å². The quantitative estimate of drug-likeness (QED) is 0.921. The van der Waals surface area contributed by atoms with Crippen molar-refractivity contribution in [3.05, 3.63) is 18.0 Å². The number of ether oxygens (including phenoxy) is 1. The van der Waals surface area contributed by atoms with Crippen molar-refractivity contribution in [3.8, 4) is 5.75 Å². The molecule has 19 heavy (non-hydrogen) atoms. The third kappa shape index (κ3) is 3.83. The molecule has 5 nitrogen and oxygen atoms in total. The summed E-state index contributed by atoms with van der Waals surface area (Å²) in [7, 11) is -3.37. The van der Waals surface area contributed by atoms with Gasteiger partial charge in [0.15, 0.2) is 0 Å². The Morgan fingerprint density at radius 1 is 1.37 bits per heavy atom. The predicted molar refractivity (Wildman–Crippen MR) is 75.1 cm³/mol. The van der Waals surface area contributed by atoms with Gasteiger partial charge in [-0.1, -0.05) is 20.8 Å². The van der Waals surface area contributed by atoms with Crippen LogP contribution in [0.25, 0.3) is 0 Å². The van der Waals surface area contributed by atoms with Gasteiger partial charge in [-0.25, -0.2) is 8.42 Å². The Labute approximate surface area is 114 Å². The molecule has 1 aliphatic rings. The zero-order valence-corrected chi connectivity index (χ0v) is 12.5. The van der Waals surface area contributed by atoms with Crippen LogP contribution in [0.4, 0.5) is 5.69 Å². The van der Waals surface area contributed by atoms with Gasteiger partial charge in [-0.3, -0.25) is 9.71 Å². The van der Waals surface area contributed by atoms with Crippen molar-refractivity contribution in [3.63, 3.8) is 0 Å². The number of pyridine rings is 1. The second-order valence-corrected chi connectivity index (χ2v) is 7.72. The van der Waals surface area contributed by atoms with Crippen LogP contribution in [0.3, 0.4) is 0 Å². The van der Waals surface area contributed by atoms with Crippen molar-refractivity contribution in [2.45, 2.75) is 45.1 Å². The molecular formula is C13H20N2O3S. The molecule has 0 spiro atoms. The highest BCUT2D eigenvalue weighted by Gasteiger charge is 2.28. The predicted octanol–water partition coefficient (Wildman–Crippen LogP) is 2.29. The molecule has 1 heterocycles. The summed E-state index contributed by atoms with van der Waals surface area (Å²) >= 11 is 0. The van der Waals surface area contributed by atoms with Crippen molar-refractivity contribution >= 4 is 15.7 Å². The van der Waals surface area contributed by atoms with Crippen LogP contribution in [-0.2, 0) is 15.4 Å². The maximum Gasteiger partial charge on any atom is 0.229 e. The van der Waals surface area contributed by atoms with Crippen molar-refractivity contribution in [2.24, 2.45) is 0 Å². The van der Waals surface area contributed by atoms with Gasteiger partial charge in [0, 0.05) is 17.7 Å². The van der Waals surface area contributed by atoms with Gasteiger partial charge in [-0.05, 0) is 12.8 Å². The minimum Gasteiger partial charge on any atom is -0.488 e. The minimum atomic E-state index is -3.37. The number of hydrogen-bond acceptors (Lipinski definition) is 4. The molecule has 0 bridgehead atoms. The van der Waals surface area contributed by atoms with E-state index in [1.807, 2.05) is 20.8 Å². The first-order valence-electron chi connectivity index (χ1n) is 6.31. The lowest BCUT2D eigenvalue weighted by Gasteiger charge is -2.23. The van der Waals surface area contributed by atoms with Gasteiger partial charge < -0.3 is 4.74 Å². The second kappa shape index (κ2) is 4.67. The van der Waals surface area contributed by atoms with Gasteiger partial charge in [0.1, 0.15) is 11.4 Å². The number of sulfonamides is 1. The highest BCUT2D eigenvalue weighted by molar-refractivity contribution is 7.92. The van der Waals surface area contributed by atoms with E-state index in [4.69, 9.17) is 4.74 Å². The van der Waals surface area contributed by atoms with E-state index in [2.05, 4.69) is 9.71 Å². The van der Waals surface area contributed by atoms with Crippen molar-refractivity contribution in [2.75, 3.05) is 11.0 Å². The Kier molecular flexibility index (Phi) is 3.47. The third-order valence-corrected chi connectivity index (χ3v) is 3.30. The van der Waals surface area contributed by atoms with E-state index in [9.17, 15) is 8.42 Å². The van der Waals surface area contributed by atoms with Gasteiger partial charge in [0.05, 0.1) is 18.1 Å². The van der Waals surface area contributed by atoms with Crippen LogP contribution in [0.2, 0.25) is 0 Å². The van der Waals surface area contributed by atoms with E-state index in [1.54, 1.807) is 12.3 Å². The van der Waals surface area contributed by atoms with Crippen molar-refractivity contribution in [1.29, 1.82) is 0 Å². The minimum absolute atomic E-state index is 0.204. The van der Waals surface area contributed by atoms with Gasteiger partial charge in [0.2, 0.25) is 10.0 Å². The molecule has 0 amide bonds. The van der Waals surface area contributed by atoms with Crippen molar-refractivity contribution < 1.29 is 13.2 Å². The fraction of sp³-hybridized carbons (Fsp3) is 0.615. The van der Waals surface area contributed by atoms with E-state index >= 15 is 0 Å². The molecule has 1 fully saturated rings. The summed E-state index contributed by atoms with van der Waals surface area (Å²) in [6.45, 7) is 5.97. The normalized spacial score (nSPS) is 16.2. The average Bonchev–Trinajstić information content (AvgIpc) is 3.00. The van der Waals surface area contributed by atoms with Crippen molar-refractivity contribution in [1.82, 2.24) is 4.98 Å². The number of hydrogen-bond donors (Lipinski definition) is 1. The topological polar surface area (TPSA) is 68.3 Å². The Morgan fingerprint density at radius 3 is 2.47 bits per heavy atom. The maximum absolute atomic E-state index is 11.5. The smallest absolute Gasteiger partial charge is 0.229 e. The van der Waals surface area contributed by atoms with Crippen LogP contribution in [0.15, 0.2) is 12.3 Å². The molecule has 0 unspecified atom stereocenters. The Balaban J connectivity index is 2.47. The molecule has 2 rings (SSSR count). The number of anilines is 1. The molecular weight excluding hydrogens is 264 g/mol. The summed E-state index contributed by atoms with van der Waals surface area (Å²) in [5, 5.41) is 0. The molecule has 1 aliphatic carbocycles. The molecule has 0 saturated heterocycles. The molecule has 1 aromatic rings. The molecule has 1 saturated carbocycles. The van der Waals surface area contributed by atoms with E-state index in [-0.39, 0.29) is 11.5 Å². The lowest BCUT2D eigenvalue weighted by atomic mass is 9.90. The highest BCUT2D eigenvalue weighted by Crippen LogP contribution is 2.38. The van der Waals surface area contributed by atoms with Crippen LogP contribution >= 0.6 is 0 Å². The number of nitrogens with one attached hydrogen (secondary N) is 1. The van der Waals surface area contributed by atoms with E-state index < -0.39 is 10.0 Å². The maximum atomic E-state index is 11.5. The van der Waals surface area contributed by atoms with Crippen LogP contribution in [0.1, 0.15) is 39.3 Å². The highest BCUT2D eigenvalue weighted by atomic mass is 32.2. The van der Waals surface area contributed by atoms with Crippen LogP contribution in [0, 0.1) is 0 Å². The van der Waals surface area contributed by atoms with Crippen LogP contribution < -0.4 is 9.46 Å². The van der Waals surface area contributed by atoms with E-state index in [0.717, 1.165) is 19.1 Å². The molecule has 0 aliphatic heterocycles. The summed E-state index contributed by atoms with van der Waals surface area (Å²) in [6.07, 6.45) is 5.03. The first-order chi connectivity index (χ1) is 8.67. The van der Waals surface area contributed by atoms with E-state index in [1.165, 1.54) is 0 Å². The summed E-state index contributed by atoms with van der Waals surface area (Å²) < 4.78 is 31.4.